The molecule has 0 saturated heterocycles. The second-order valence-corrected chi connectivity index (χ2v) is 14.7. The first-order chi connectivity index (χ1) is 25.7. The number of hydrogen-bond acceptors (Lipinski definition) is 9. The molecule has 2 heterocycles. The lowest BCUT2D eigenvalue weighted by Crippen LogP contribution is -2.56. The van der Waals surface area contributed by atoms with Gasteiger partial charge in [0, 0.05) is 51.2 Å². The average Bonchev–Trinajstić information content (AvgIpc) is 3.72. The lowest BCUT2D eigenvalue weighted by molar-refractivity contribution is -0.151. The summed E-state index contributed by atoms with van der Waals surface area (Å²) in [4.78, 5) is 61.7. The van der Waals surface area contributed by atoms with Gasteiger partial charge in [0.1, 0.15) is 22.0 Å². The third-order valence-electron chi connectivity index (χ3n) is 9.48. The van der Waals surface area contributed by atoms with Gasteiger partial charge in [-0.25, -0.2) is 19.6 Å². The molecule has 54 heavy (non-hydrogen) atoms. The van der Waals surface area contributed by atoms with Crippen LogP contribution in [0.3, 0.4) is 0 Å². The molecule has 2 amide bonds. The molecule has 2 aromatic heterocycles. The molecule has 0 aliphatic heterocycles. The van der Waals surface area contributed by atoms with Crippen LogP contribution in [0.1, 0.15) is 70.7 Å². The van der Waals surface area contributed by atoms with Crippen molar-refractivity contribution in [3.63, 3.8) is 0 Å². The molecule has 2 aliphatic rings. The van der Waals surface area contributed by atoms with Gasteiger partial charge in [0.15, 0.2) is 0 Å². The number of pyridine rings is 2. The number of carbonyl (C=O) groups is 4. The standard InChI is InChI=1S/C22H26ClN3O3.C18H16Cl2N2O3/c1-5-29-21(28)22(11-15-8-6-7-9-16(15)12-22)25-20(27)18-10-17(23)13-24-19(18)26(4)14(2)3;1-2-25-17(24)18(8-11-5-3-4-6-12(11)9-18)22-16(23)14-7-13(19)10-21-15(14)20/h6-10,13-14H,5,11-12H2,1-4H3,(H,25,27);3-7,10H,2,8-9H2,1H3,(H,22,23). The molecule has 0 spiro atoms. The molecule has 0 unspecified atom stereocenters. The van der Waals surface area contributed by atoms with Gasteiger partial charge in [-0.15, -0.1) is 0 Å². The molecular weight excluding hydrogens is 753 g/mol. The number of amides is 2. The Labute approximate surface area is 329 Å². The lowest BCUT2D eigenvalue weighted by Gasteiger charge is -2.29. The Balaban J connectivity index is 0.000000210. The van der Waals surface area contributed by atoms with Gasteiger partial charge in [0.05, 0.1) is 34.4 Å². The Hall–Kier alpha value is -4.71. The molecule has 6 rings (SSSR count). The van der Waals surface area contributed by atoms with Gasteiger partial charge >= 0.3 is 11.9 Å². The first kappa shape index (κ1) is 40.5. The monoisotopic (exact) mass is 793 g/mol. The van der Waals surface area contributed by atoms with Crippen molar-refractivity contribution < 1.29 is 28.7 Å². The summed E-state index contributed by atoms with van der Waals surface area (Å²) in [5.41, 5.74) is 2.21. The minimum Gasteiger partial charge on any atom is -0.464 e. The summed E-state index contributed by atoms with van der Waals surface area (Å²) in [5.74, 6) is -1.30. The summed E-state index contributed by atoms with van der Waals surface area (Å²) in [7, 11) is 1.87. The smallest absolute Gasteiger partial charge is 0.332 e. The van der Waals surface area contributed by atoms with Crippen molar-refractivity contribution in [1.29, 1.82) is 0 Å². The first-order valence-electron chi connectivity index (χ1n) is 17.5. The van der Waals surface area contributed by atoms with Crippen LogP contribution in [0.2, 0.25) is 15.2 Å². The lowest BCUT2D eigenvalue weighted by atomic mass is 9.95. The zero-order chi connectivity index (χ0) is 39.2. The van der Waals surface area contributed by atoms with E-state index in [-0.39, 0.29) is 35.0 Å². The average molecular weight is 795 g/mol. The molecule has 4 aromatic rings. The summed E-state index contributed by atoms with van der Waals surface area (Å²) in [5, 5.41) is 6.44. The second-order valence-electron chi connectivity index (χ2n) is 13.5. The molecule has 0 fully saturated rings. The Bertz CT molecular complexity index is 2010. The number of aromatic nitrogens is 2. The van der Waals surface area contributed by atoms with Gasteiger partial charge < -0.3 is 25.0 Å². The quantitative estimate of drug-likeness (QED) is 0.134. The van der Waals surface area contributed by atoms with Crippen molar-refractivity contribution in [3.8, 4) is 0 Å². The predicted molar refractivity (Wildman–Crippen MR) is 208 cm³/mol. The molecule has 2 aromatic carbocycles. The topological polar surface area (TPSA) is 140 Å². The van der Waals surface area contributed by atoms with E-state index in [2.05, 4.69) is 20.6 Å². The van der Waals surface area contributed by atoms with Crippen molar-refractivity contribution in [2.45, 2.75) is 70.5 Å². The Morgan fingerprint density at radius 1 is 0.704 bits per heavy atom. The maximum absolute atomic E-state index is 13.3. The molecule has 284 valence electrons. The highest BCUT2D eigenvalue weighted by atomic mass is 35.5. The number of esters is 2. The van der Waals surface area contributed by atoms with E-state index in [1.54, 1.807) is 19.9 Å². The van der Waals surface area contributed by atoms with E-state index in [0.717, 1.165) is 22.3 Å². The number of benzene rings is 2. The number of nitrogens with one attached hydrogen (secondary N) is 2. The van der Waals surface area contributed by atoms with E-state index in [4.69, 9.17) is 44.3 Å². The number of fused-ring (bicyclic) bond motifs is 2. The minimum atomic E-state index is -1.16. The van der Waals surface area contributed by atoms with Crippen LogP contribution < -0.4 is 15.5 Å². The van der Waals surface area contributed by atoms with Crippen molar-refractivity contribution in [1.82, 2.24) is 20.6 Å². The third kappa shape index (κ3) is 8.80. The van der Waals surface area contributed by atoms with Crippen LogP contribution in [0.25, 0.3) is 0 Å². The molecule has 0 saturated carbocycles. The molecule has 0 bridgehead atoms. The Morgan fingerprint density at radius 2 is 1.09 bits per heavy atom. The largest absolute Gasteiger partial charge is 0.464 e. The van der Waals surface area contributed by atoms with Gasteiger partial charge in [-0.2, -0.15) is 0 Å². The van der Waals surface area contributed by atoms with Crippen LogP contribution in [0.5, 0.6) is 0 Å². The number of carbonyl (C=O) groups excluding carboxylic acids is 4. The van der Waals surface area contributed by atoms with Crippen LogP contribution >= 0.6 is 34.8 Å². The van der Waals surface area contributed by atoms with Crippen molar-refractivity contribution in [3.05, 3.63) is 122 Å². The van der Waals surface area contributed by atoms with Crippen molar-refractivity contribution in [2.75, 3.05) is 25.2 Å². The zero-order valence-electron chi connectivity index (χ0n) is 30.7. The molecular formula is C40H42Cl3N5O6. The molecule has 11 nitrogen and oxygen atoms in total. The minimum absolute atomic E-state index is 0.0245. The van der Waals surface area contributed by atoms with E-state index in [9.17, 15) is 19.2 Å². The van der Waals surface area contributed by atoms with Crippen molar-refractivity contribution in [2.24, 2.45) is 0 Å². The van der Waals surface area contributed by atoms with E-state index in [1.165, 1.54) is 18.5 Å². The number of ether oxygens (including phenoxy) is 2. The number of anilines is 1. The van der Waals surface area contributed by atoms with Gasteiger partial charge in [0.25, 0.3) is 11.8 Å². The van der Waals surface area contributed by atoms with Gasteiger partial charge in [-0.1, -0.05) is 83.3 Å². The maximum Gasteiger partial charge on any atom is 0.332 e. The SMILES string of the molecule is CCOC(=O)C1(NC(=O)c2cc(Cl)cnc2Cl)Cc2ccccc2C1.CCOC(=O)C1(NC(=O)c2cc(Cl)cnc2N(C)C(C)C)Cc2ccccc2C1. The highest BCUT2D eigenvalue weighted by molar-refractivity contribution is 6.34. The zero-order valence-corrected chi connectivity index (χ0v) is 32.9. The van der Waals surface area contributed by atoms with E-state index >= 15 is 0 Å². The Morgan fingerprint density at radius 3 is 1.50 bits per heavy atom. The summed E-state index contributed by atoms with van der Waals surface area (Å²) < 4.78 is 10.6. The predicted octanol–water partition coefficient (Wildman–Crippen LogP) is 6.63. The summed E-state index contributed by atoms with van der Waals surface area (Å²) in [6.07, 6.45) is 4.36. The maximum atomic E-state index is 13.3. The molecule has 2 aliphatic carbocycles. The molecule has 14 heteroatoms. The fourth-order valence-corrected chi connectivity index (χ4v) is 7.12. The normalized spacial score (nSPS) is 14.5. The summed E-state index contributed by atoms with van der Waals surface area (Å²) >= 11 is 18.0. The Kier molecular flexibility index (Phi) is 12.9. The van der Waals surface area contributed by atoms with E-state index in [0.29, 0.717) is 42.1 Å². The van der Waals surface area contributed by atoms with Crippen LogP contribution in [-0.4, -0.2) is 71.1 Å². The molecule has 0 radical (unpaired) electrons. The summed E-state index contributed by atoms with van der Waals surface area (Å²) in [6, 6.07) is 18.6. The van der Waals surface area contributed by atoms with E-state index < -0.39 is 34.8 Å². The summed E-state index contributed by atoms with van der Waals surface area (Å²) in [6.45, 7) is 7.97. The highest BCUT2D eigenvalue weighted by Crippen LogP contribution is 2.34. The molecule has 0 atom stereocenters. The second kappa shape index (κ2) is 17.2. The number of hydrogen-bond donors (Lipinski definition) is 2. The van der Waals surface area contributed by atoms with Crippen LogP contribution in [-0.2, 0) is 44.7 Å². The third-order valence-corrected chi connectivity index (χ3v) is 10.2. The van der Waals surface area contributed by atoms with Crippen LogP contribution in [0.4, 0.5) is 5.82 Å². The van der Waals surface area contributed by atoms with Gasteiger partial charge in [-0.3, -0.25) is 9.59 Å². The number of rotatable bonds is 10. The van der Waals surface area contributed by atoms with Gasteiger partial charge in [0.2, 0.25) is 0 Å². The first-order valence-corrected chi connectivity index (χ1v) is 18.7. The van der Waals surface area contributed by atoms with Crippen LogP contribution in [0, 0.1) is 0 Å². The number of halogens is 3. The van der Waals surface area contributed by atoms with Crippen molar-refractivity contribution >= 4 is 64.4 Å². The fourth-order valence-electron chi connectivity index (χ4n) is 6.61. The van der Waals surface area contributed by atoms with Gasteiger partial charge in [-0.05, 0) is 62.1 Å². The number of nitrogens with zero attached hydrogens (tertiary/aromatic N) is 3. The molecule has 2 N–H and O–H groups in total. The fraction of sp³-hybridized carbons (Fsp3) is 0.350. The highest BCUT2D eigenvalue weighted by Gasteiger charge is 2.48. The van der Waals surface area contributed by atoms with Crippen LogP contribution in [0.15, 0.2) is 73.1 Å². The van der Waals surface area contributed by atoms with E-state index in [1.807, 2.05) is 74.3 Å².